The molecule has 1 aromatic rings. The summed E-state index contributed by atoms with van der Waals surface area (Å²) in [6.07, 6.45) is -7.59. The highest BCUT2D eigenvalue weighted by atomic mass is 16.6. The topological polar surface area (TPSA) is 181 Å². The lowest BCUT2D eigenvalue weighted by atomic mass is 9.45. The van der Waals surface area contributed by atoms with Gasteiger partial charge in [0.25, 0.3) is 0 Å². The Morgan fingerprint density at radius 1 is 0.857 bits per heavy atom. The van der Waals surface area contributed by atoms with Crippen molar-refractivity contribution in [3.8, 4) is 0 Å². The number of aliphatic hydroxyl groups is 2. The second kappa shape index (κ2) is 14.0. The van der Waals surface area contributed by atoms with Crippen LogP contribution >= 0.6 is 0 Å². The van der Waals surface area contributed by atoms with Crippen LogP contribution in [0, 0.1) is 23.2 Å². The fraction of sp³-hybridized carbons (Fsp3) is 0.694. The lowest BCUT2D eigenvalue weighted by molar-refractivity contribution is -0.363. The smallest absolute Gasteiger partial charge is 0.338 e. The van der Waals surface area contributed by atoms with E-state index in [9.17, 15) is 34.2 Å². The molecule has 0 unspecified atom stereocenters. The van der Waals surface area contributed by atoms with E-state index in [0.29, 0.717) is 12.8 Å². The summed E-state index contributed by atoms with van der Waals surface area (Å²) >= 11 is 0. The van der Waals surface area contributed by atoms with E-state index in [-0.39, 0.29) is 5.56 Å². The van der Waals surface area contributed by atoms with Crippen molar-refractivity contribution in [3.63, 3.8) is 0 Å². The van der Waals surface area contributed by atoms with Crippen LogP contribution in [0.1, 0.15) is 91.9 Å². The van der Waals surface area contributed by atoms with Gasteiger partial charge in [-0.15, -0.1) is 0 Å². The van der Waals surface area contributed by atoms with Gasteiger partial charge in [0.2, 0.25) is 0 Å². The number of hydrogen-bond acceptors (Lipinski definition) is 13. The molecule has 0 amide bonds. The van der Waals surface area contributed by atoms with Crippen LogP contribution in [0.15, 0.2) is 30.3 Å². The number of rotatable bonds is 11. The molecule has 13 nitrogen and oxygen atoms in total. The largest absolute Gasteiger partial charge is 0.464 e. The van der Waals surface area contributed by atoms with Gasteiger partial charge < -0.3 is 38.6 Å². The first-order valence-electron chi connectivity index (χ1n) is 16.9. The highest BCUT2D eigenvalue weighted by Gasteiger charge is 2.88. The van der Waals surface area contributed by atoms with Crippen molar-refractivity contribution in [2.45, 2.75) is 129 Å². The minimum Gasteiger partial charge on any atom is -0.464 e. The lowest BCUT2D eigenvalue weighted by Gasteiger charge is -2.66. The standard InChI is InChI=1S/C36H50O13/c1-10-19(3)30(40)44-18-35-28(46-22(6)38)24(45-21(5)37)17-34(9,43)36(35)27(39)25(33(7,8)49-36)26(47-31(41)20(4)11-2)29(35)48-32(42)23-15-13-12-14-16-23/h12-16,19-20,24-29,39,43H,10-11,17-18H2,1-9H3/t19-,20-,24+,25-,26+,27+,28+,29-,34+,35+,36+/m1/s1. The molecule has 1 aromatic carbocycles. The maximum atomic E-state index is 14.0. The summed E-state index contributed by atoms with van der Waals surface area (Å²) in [5.41, 5.74) is -7.86. The van der Waals surface area contributed by atoms with E-state index in [2.05, 4.69) is 0 Å². The van der Waals surface area contributed by atoms with Gasteiger partial charge in [-0.3, -0.25) is 19.2 Å². The number of fused-ring (bicyclic) bond motifs is 1. The van der Waals surface area contributed by atoms with Crippen LogP contribution in [0.25, 0.3) is 0 Å². The monoisotopic (exact) mass is 690 g/mol. The Bertz CT molecular complexity index is 1420. The van der Waals surface area contributed by atoms with Crippen molar-refractivity contribution in [3.05, 3.63) is 35.9 Å². The van der Waals surface area contributed by atoms with Crippen molar-refractivity contribution >= 4 is 29.8 Å². The summed E-state index contributed by atoms with van der Waals surface area (Å²) in [5.74, 6) is -6.25. The fourth-order valence-electron chi connectivity index (χ4n) is 8.03. The van der Waals surface area contributed by atoms with Gasteiger partial charge in [0, 0.05) is 20.3 Å². The number of ether oxygens (including phenoxy) is 6. The van der Waals surface area contributed by atoms with E-state index in [0.717, 1.165) is 13.8 Å². The zero-order chi connectivity index (χ0) is 36.7. The molecule has 0 radical (unpaired) electrons. The minimum absolute atomic E-state index is 0.108. The van der Waals surface area contributed by atoms with E-state index in [1.807, 2.05) is 0 Å². The summed E-state index contributed by atoms with van der Waals surface area (Å²) in [6, 6.07) is 7.94. The molecular formula is C36H50O13. The molecule has 1 saturated heterocycles. The van der Waals surface area contributed by atoms with Crippen molar-refractivity contribution < 1.29 is 62.6 Å². The van der Waals surface area contributed by atoms with Crippen LogP contribution in [0.2, 0.25) is 0 Å². The van der Waals surface area contributed by atoms with Gasteiger partial charge in [0.1, 0.15) is 29.8 Å². The zero-order valence-corrected chi connectivity index (χ0v) is 29.7. The van der Waals surface area contributed by atoms with Crippen LogP contribution < -0.4 is 0 Å². The summed E-state index contributed by atoms with van der Waals surface area (Å²) in [4.78, 5) is 66.5. The molecule has 2 aliphatic carbocycles. The minimum atomic E-state index is -2.24. The number of carbonyl (C=O) groups excluding carboxylic acids is 5. The third-order valence-electron chi connectivity index (χ3n) is 10.7. The molecule has 11 atom stereocenters. The Kier molecular flexibility index (Phi) is 10.9. The first kappa shape index (κ1) is 38.3. The van der Waals surface area contributed by atoms with E-state index >= 15 is 0 Å². The number of hydrogen-bond donors (Lipinski definition) is 2. The lowest BCUT2D eigenvalue weighted by Crippen LogP contribution is -2.85. The number of aliphatic hydroxyl groups excluding tert-OH is 1. The van der Waals surface area contributed by atoms with Gasteiger partial charge in [0.05, 0.1) is 40.6 Å². The Morgan fingerprint density at radius 3 is 1.98 bits per heavy atom. The van der Waals surface area contributed by atoms with Crippen LogP contribution in [-0.2, 0) is 47.6 Å². The molecule has 0 aromatic heterocycles. The molecule has 4 rings (SSSR count). The number of carbonyl (C=O) groups is 5. The normalized spacial score (nSPS) is 35.6. The Labute approximate surface area is 286 Å². The zero-order valence-electron chi connectivity index (χ0n) is 29.7. The number of benzene rings is 1. The SMILES string of the molecule is CC[C@@H](C)C(=O)OC[C@]12[C@H](OC(=O)c3ccccc3)[C@@H](OC(=O)[C@H](C)CC)[C@@H]3[C@H](O)[C@]1(OC3(C)C)[C@@](C)(O)C[C@H](OC(C)=O)[C@@H]2OC(C)=O. The van der Waals surface area contributed by atoms with E-state index in [4.69, 9.17) is 28.4 Å². The second-order valence-electron chi connectivity index (χ2n) is 14.4. The maximum absolute atomic E-state index is 14.0. The molecule has 2 saturated carbocycles. The van der Waals surface area contributed by atoms with Gasteiger partial charge in [-0.1, -0.05) is 45.9 Å². The van der Waals surface area contributed by atoms with Gasteiger partial charge in [-0.05, 0) is 45.7 Å². The first-order valence-corrected chi connectivity index (χ1v) is 16.9. The Balaban J connectivity index is 2.13. The van der Waals surface area contributed by atoms with E-state index in [1.165, 1.54) is 19.1 Å². The summed E-state index contributed by atoms with van der Waals surface area (Å²) < 4.78 is 36.9. The van der Waals surface area contributed by atoms with Crippen molar-refractivity contribution in [1.29, 1.82) is 0 Å². The van der Waals surface area contributed by atoms with Gasteiger partial charge in [-0.25, -0.2) is 4.79 Å². The molecule has 272 valence electrons. The molecule has 49 heavy (non-hydrogen) atoms. The molecule has 1 aliphatic heterocycles. The predicted molar refractivity (Wildman–Crippen MR) is 172 cm³/mol. The third-order valence-corrected chi connectivity index (χ3v) is 10.7. The van der Waals surface area contributed by atoms with Crippen molar-refractivity contribution in [2.75, 3.05) is 6.61 Å². The second-order valence-corrected chi connectivity index (χ2v) is 14.4. The molecule has 3 fully saturated rings. The number of esters is 5. The van der Waals surface area contributed by atoms with Crippen LogP contribution in [0.4, 0.5) is 0 Å². The summed E-state index contributed by atoms with van der Waals surface area (Å²) in [5, 5.41) is 25.0. The maximum Gasteiger partial charge on any atom is 0.338 e. The quantitative estimate of drug-likeness (QED) is 0.255. The summed E-state index contributed by atoms with van der Waals surface area (Å²) in [6.45, 7) is 13.0. The molecule has 1 heterocycles. The third kappa shape index (κ3) is 6.45. The highest BCUT2D eigenvalue weighted by molar-refractivity contribution is 5.89. The molecule has 2 N–H and O–H groups in total. The van der Waals surface area contributed by atoms with Crippen LogP contribution in [0.3, 0.4) is 0 Å². The van der Waals surface area contributed by atoms with E-state index in [1.54, 1.807) is 59.7 Å². The fourth-order valence-corrected chi connectivity index (χ4v) is 8.03. The Hall–Kier alpha value is -3.55. The molecular weight excluding hydrogens is 640 g/mol. The van der Waals surface area contributed by atoms with E-state index < -0.39 is 113 Å². The first-order chi connectivity index (χ1) is 22.8. The van der Waals surface area contributed by atoms with Gasteiger partial charge in [0.15, 0.2) is 12.2 Å². The molecule has 13 heteroatoms. The average Bonchev–Trinajstić information content (AvgIpc) is 3.21. The van der Waals surface area contributed by atoms with Gasteiger partial charge >= 0.3 is 29.8 Å². The highest BCUT2D eigenvalue weighted by Crippen LogP contribution is 2.69. The molecule has 3 aliphatic rings. The van der Waals surface area contributed by atoms with Crippen molar-refractivity contribution in [1.82, 2.24) is 0 Å². The summed E-state index contributed by atoms with van der Waals surface area (Å²) in [7, 11) is 0. The predicted octanol–water partition coefficient (Wildman–Crippen LogP) is 3.30. The van der Waals surface area contributed by atoms with Crippen molar-refractivity contribution in [2.24, 2.45) is 23.2 Å². The average molecular weight is 691 g/mol. The van der Waals surface area contributed by atoms with Gasteiger partial charge in [-0.2, -0.15) is 0 Å². The molecule has 1 spiro atoms. The van der Waals surface area contributed by atoms with Crippen LogP contribution in [-0.4, -0.2) is 94.0 Å². The Morgan fingerprint density at radius 2 is 1.43 bits per heavy atom. The molecule has 2 bridgehead atoms. The van der Waals surface area contributed by atoms with Crippen LogP contribution in [0.5, 0.6) is 0 Å².